The van der Waals surface area contributed by atoms with Gasteiger partial charge in [-0.3, -0.25) is 20.6 Å². The summed E-state index contributed by atoms with van der Waals surface area (Å²) >= 11 is 0. The van der Waals surface area contributed by atoms with Crippen molar-refractivity contribution in [3.8, 4) is 11.3 Å². The minimum absolute atomic E-state index is 0.300. The maximum absolute atomic E-state index is 12.9. The maximum Gasteiger partial charge on any atom is 0.270 e. The number of nitrogens with one attached hydrogen (secondary N) is 2. The number of fused-ring (bicyclic) bond motifs is 1. The Hall–Kier alpha value is -3.87. The highest BCUT2D eigenvalue weighted by Crippen LogP contribution is 2.24. The largest absolute Gasteiger partial charge is 0.270 e. The van der Waals surface area contributed by atoms with Crippen LogP contribution in [0.15, 0.2) is 60.9 Å². The zero-order valence-electron chi connectivity index (χ0n) is 15.5. The zero-order chi connectivity index (χ0) is 19.5. The number of para-hydroxylation sites is 1. The third-order valence-corrected chi connectivity index (χ3v) is 4.19. The molecular weight excluding hydrogens is 352 g/mol. The highest BCUT2D eigenvalue weighted by molar-refractivity contribution is 6.07. The van der Waals surface area contributed by atoms with Crippen LogP contribution in [0, 0.1) is 13.8 Å². The predicted molar refractivity (Wildman–Crippen MR) is 108 cm³/mol. The first kappa shape index (κ1) is 17.5. The summed E-state index contributed by atoms with van der Waals surface area (Å²) < 4.78 is 0. The second-order valence-electron chi connectivity index (χ2n) is 6.37. The van der Waals surface area contributed by atoms with Gasteiger partial charge in [0.2, 0.25) is 5.95 Å². The third kappa shape index (κ3) is 3.64. The molecule has 0 unspecified atom stereocenters. The van der Waals surface area contributed by atoms with Crippen molar-refractivity contribution in [3.05, 3.63) is 77.9 Å². The molecule has 3 heterocycles. The monoisotopic (exact) mass is 370 g/mol. The van der Waals surface area contributed by atoms with Crippen molar-refractivity contribution in [2.24, 2.45) is 0 Å². The minimum atomic E-state index is -0.300. The van der Waals surface area contributed by atoms with E-state index < -0.39 is 0 Å². The van der Waals surface area contributed by atoms with Crippen LogP contribution in [0.25, 0.3) is 22.2 Å². The Bertz CT molecular complexity index is 1140. The van der Waals surface area contributed by atoms with Gasteiger partial charge in [-0.15, -0.1) is 0 Å². The smallest absolute Gasteiger partial charge is 0.267 e. The molecule has 0 spiro atoms. The molecule has 7 nitrogen and oxygen atoms in total. The van der Waals surface area contributed by atoms with Crippen LogP contribution in [0.2, 0.25) is 0 Å². The number of carbonyl (C=O) groups is 1. The summed E-state index contributed by atoms with van der Waals surface area (Å²) in [7, 11) is 0. The van der Waals surface area contributed by atoms with Gasteiger partial charge in [0.25, 0.3) is 5.91 Å². The summed E-state index contributed by atoms with van der Waals surface area (Å²) in [6, 6.07) is 14.9. The van der Waals surface area contributed by atoms with Crippen LogP contribution in [0.5, 0.6) is 0 Å². The summed E-state index contributed by atoms with van der Waals surface area (Å²) in [5.74, 6) is 0.0446. The molecule has 0 aliphatic rings. The van der Waals surface area contributed by atoms with Crippen LogP contribution < -0.4 is 10.9 Å². The summed E-state index contributed by atoms with van der Waals surface area (Å²) in [6.07, 6.45) is 3.42. The van der Waals surface area contributed by atoms with Gasteiger partial charge in [0.15, 0.2) is 0 Å². The van der Waals surface area contributed by atoms with Gasteiger partial charge in [-0.05, 0) is 44.2 Å². The molecule has 0 fully saturated rings. The van der Waals surface area contributed by atoms with E-state index in [1.54, 1.807) is 18.5 Å². The van der Waals surface area contributed by atoms with Crippen molar-refractivity contribution in [1.82, 2.24) is 25.4 Å². The second-order valence-corrected chi connectivity index (χ2v) is 6.37. The van der Waals surface area contributed by atoms with E-state index in [9.17, 15) is 4.79 Å². The van der Waals surface area contributed by atoms with Crippen molar-refractivity contribution in [1.29, 1.82) is 0 Å². The predicted octanol–water partition coefficient (Wildman–Crippen LogP) is 3.46. The molecule has 0 bridgehead atoms. The van der Waals surface area contributed by atoms with Crippen molar-refractivity contribution in [2.45, 2.75) is 13.8 Å². The van der Waals surface area contributed by atoms with Crippen molar-refractivity contribution < 1.29 is 4.79 Å². The van der Waals surface area contributed by atoms with Crippen molar-refractivity contribution in [2.75, 3.05) is 5.43 Å². The van der Waals surface area contributed by atoms with Gasteiger partial charge in [-0.2, -0.15) is 0 Å². The summed E-state index contributed by atoms with van der Waals surface area (Å²) in [4.78, 5) is 30.3. The Balaban J connectivity index is 1.69. The van der Waals surface area contributed by atoms with E-state index in [-0.39, 0.29) is 5.91 Å². The summed E-state index contributed by atoms with van der Waals surface area (Å²) in [5, 5.41) is 0.760. The third-order valence-electron chi connectivity index (χ3n) is 4.19. The number of anilines is 1. The molecule has 1 amide bonds. The topological polar surface area (TPSA) is 92.7 Å². The number of nitrogens with zero attached hydrogens (tertiary/aromatic N) is 4. The average Bonchev–Trinajstić information content (AvgIpc) is 2.71. The molecule has 7 heteroatoms. The van der Waals surface area contributed by atoms with E-state index in [0.29, 0.717) is 17.2 Å². The molecule has 3 aromatic heterocycles. The number of hydrazine groups is 1. The van der Waals surface area contributed by atoms with Crippen molar-refractivity contribution in [3.63, 3.8) is 0 Å². The number of aromatic nitrogens is 4. The Morgan fingerprint density at radius 1 is 0.929 bits per heavy atom. The molecule has 0 aliphatic carbocycles. The van der Waals surface area contributed by atoms with E-state index in [2.05, 4.69) is 30.8 Å². The van der Waals surface area contributed by atoms with Crippen LogP contribution >= 0.6 is 0 Å². The van der Waals surface area contributed by atoms with Gasteiger partial charge >= 0.3 is 0 Å². The number of aryl methyl sites for hydroxylation is 2. The SMILES string of the molecule is Cc1cc(C)nc(NNC(=O)c2cc(-c3cccnc3)nc3ccccc23)n1. The number of rotatable bonds is 4. The Morgan fingerprint density at radius 3 is 2.46 bits per heavy atom. The highest BCUT2D eigenvalue weighted by Gasteiger charge is 2.14. The number of amides is 1. The highest BCUT2D eigenvalue weighted by atomic mass is 16.2. The first-order valence-corrected chi connectivity index (χ1v) is 8.79. The van der Waals surface area contributed by atoms with E-state index >= 15 is 0 Å². The number of carbonyl (C=O) groups excluding carboxylic acids is 1. The normalized spacial score (nSPS) is 10.6. The van der Waals surface area contributed by atoms with Gasteiger partial charge < -0.3 is 0 Å². The molecule has 4 aromatic rings. The summed E-state index contributed by atoms with van der Waals surface area (Å²) in [6.45, 7) is 3.75. The number of benzene rings is 1. The fourth-order valence-corrected chi connectivity index (χ4v) is 2.99. The lowest BCUT2D eigenvalue weighted by atomic mass is 10.0. The van der Waals surface area contributed by atoms with E-state index in [1.807, 2.05) is 56.3 Å². The summed E-state index contributed by atoms with van der Waals surface area (Å²) in [5.41, 5.74) is 9.87. The molecule has 138 valence electrons. The lowest BCUT2D eigenvalue weighted by molar-refractivity contribution is 0.0964. The van der Waals surface area contributed by atoms with Crippen LogP contribution in [0.3, 0.4) is 0 Å². The molecule has 0 radical (unpaired) electrons. The van der Waals surface area contributed by atoms with Gasteiger partial charge in [0, 0.05) is 34.7 Å². The number of hydrogen-bond donors (Lipinski definition) is 2. The first-order valence-electron chi connectivity index (χ1n) is 8.79. The first-order chi connectivity index (χ1) is 13.6. The lowest BCUT2D eigenvalue weighted by Gasteiger charge is -2.11. The van der Waals surface area contributed by atoms with Crippen LogP contribution in [-0.2, 0) is 0 Å². The molecule has 4 rings (SSSR count). The fraction of sp³-hybridized carbons (Fsp3) is 0.0952. The quantitative estimate of drug-likeness (QED) is 0.535. The average molecular weight is 370 g/mol. The lowest BCUT2D eigenvalue weighted by Crippen LogP contribution is -2.30. The fourth-order valence-electron chi connectivity index (χ4n) is 2.99. The Labute approximate surface area is 161 Å². The van der Waals surface area contributed by atoms with Crippen LogP contribution in [0.4, 0.5) is 5.95 Å². The number of hydrogen-bond acceptors (Lipinski definition) is 6. The van der Waals surface area contributed by atoms with Gasteiger partial charge in [0.1, 0.15) is 0 Å². The van der Waals surface area contributed by atoms with E-state index in [0.717, 1.165) is 27.9 Å². The van der Waals surface area contributed by atoms with Gasteiger partial charge in [-0.1, -0.05) is 18.2 Å². The number of pyridine rings is 2. The van der Waals surface area contributed by atoms with Crippen LogP contribution in [0.1, 0.15) is 21.7 Å². The van der Waals surface area contributed by atoms with Crippen LogP contribution in [-0.4, -0.2) is 25.8 Å². The standard InChI is InChI=1S/C21H18N6O/c1-13-10-14(2)24-21(23-13)27-26-20(28)17-11-19(15-6-5-9-22-12-15)25-18-8-4-3-7-16(17)18/h3-12H,1-2H3,(H,26,28)(H,23,24,27). The molecular formula is C21H18N6O. The molecule has 2 N–H and O–H groups in total. The minimum Gasteiger partial charge on any atom is -0.267 e. The molecule has 0 aliphatic heterocycles. The molecule has 0 saturated heterocycles. The molecule has 28 heavy (non-hydrogen) atoms. The maximum atomic E-state index is 12.9. The second kappa shape index (κ2) is 7.40. The van der Waals surface area contributed by atoms with E-state index in [1.165, 1.54) is 0 Å². The Morgan fingerprint density at radius 2 is 1.71 bits per heavy atom. The van der Waals surface area contributed by atoms with Gasteiger partial charge in [0.05, 0.1) is 16.8 Å². The van der Waals surface area contributed by atoms with E-state index in [4.69, 9.17) is 0 Å². The van der Waals surface area contributed by atoms with Gasteiger partial charge in [-0.25, -0.2) is 15.0 Å². The van der Waals surface area contributed by atoms with Crippen molar-refractivity contribution >= 4 is 22.8 Å². The molecule has 1 aromatic carbocycles. The molecule has 0 saturated carbocycles. The zero-order valence-corrected chi connectivity index (χ0v) is 15.5. The Kier molecular flexibility index (Phi) is 4.63. The molecule has 0 atom stereocenters.